The summed E-state index contributed by atoms with van der Waals surface area (Å²) in [5.41, 5.74) is 6.35. The van der Waals surface area contributed by atoms with Crippen LogP contribution < -0.4 is 20.1 Å². The number of fused-ring (bicyclic) bond motifs is 2. The molecule has 2 aromatic heterocycles. The molecule has 3 heterocycles. The van der Waals surface area contributed by atoms with E-state index in [1.807, 2.05) is 77.6 Å². The van der Waals surface area contributed by atoms with Gasteiger partial charge in [-0.25, -0.2) is 9.97 Å². The number of nitrogens with zero attached hydrogens (tertiary/aromatic N) is 4. The van der Waals surface area contributed by atoms with Crippen LogP contribution in [0.3, 0.4) is 0 Å². The van der Waals surface area contributed by atoms with Gasteiger partial charge in [0.1, 0.15) is 0 Å². The van der Waals surface area contributed by atoms with Gasteiger partial charge in [-0.1, -0.05) is 18.2 Å². The minimum Gasteiger partial charge on any atom is -0.493 e. The summed E-state index contributed by atoms with van der Waals surface area (Å²) < 4.78 is 12.7. The normalized spacial score (nSPS) is 11.8. The molecule has 1 aliphatic heterocycles. The number of carbonyl (C=O) groups excluding carboxylic acids is 1. The first-order valence-corrected chi connectivity index (χ1v) is 12.0. The second-order valence-electron chi connectivity index (χ2n) is 8.75. The Bertz CT molecular complexity index is 1710. The molecule has 1 aliphatic rings. The number of aromatic nitrogens is 3. The van der Waals surface area contributed by atoms with Gasteiger partial charge in [0.25, 0.3) is 5.91 Å². The number of rotatable bonds is 7. The van der Waals surface area contributed by atoms with Crippen LogP contribution in [-0.4, -0.2) is 40.7 Å². The lowest BCUT2D eigenvalue weighted by Gasteiger charge is -2.13. The summed E-state index contributed by atoms with van der Waals surface area (Å²) in [6.45, 7) is 0.683. The van der Waals surface area contributed by atoms with Crippen molar-refractivity contribution in [3.63, 3.8) is 0 Å². The number of carbonyl (C=O) groups is 1. The molecule has 1 amide bonds. The van der Waals surface area contributed by atoms with E-state index in [4.69, 9.17) is 14.5 Å². The predicted octanol–water partition coefficient (Wildman–Crippen LogP) is 5.34. The lowest BCUT2D eigenvalue weighted by atomic mass is 10.1. The van der Waals surface area contributed by atoms with E-state index in [0.717, 1.165) is 28.1 Å². The number of benzene rings is 3. The van der Waals surface area contributed by atoms with Gasteiger partial charge in [-0.05, 0) is 47.5 Å². The average Bonchev–Trinajstić information content (AvgIpc) is 3.62. The summed E-state index contributed by atoms with van der Waals surface area (Å²) >= 11 is 0. The van der Waals surface area contributed by atoms with Crippen molar-refractivity contribution in [2.24, 2.45) is 4.99 Å². The van der Waals surface area contributed by atoms with Gasteiger partial charge in [0, 0.05) is 53.4 Å². The molecule has 0 bridgehead atoms. The Kier molecular flexibility index (Phi) is 5.93. The Morgan fingerprint density at radius 2 is 1.84 bits per heavy atom. The van der Waals surface area contributed by atoms with Crippen molar-refractivity contribution in [3.05, 3.63) is 95.9 Å². The van der Waals surface area contributed by atoms with E-state index in [-0.39, 0.29) is 5.91 Å². The molecule has 0 saturated carbocycles. The van der Waals surface area contributed by atoms with Gasteiger partial charge < -0.3 is 24.5 Å². The number of nitrogens with one attached hydrogen (secondary N) is 2. The molecule has 3 aromatic carbocycles. The number of methoxy groups -OCH3 is 2. The smallest absolute Gasteiger partial charge is 0.255 e. The molecule has 0 radical (unpaired) electrons. The number of hydrogen-bond donors (Lipinski definition) is 2. The number of imidazole rings is 1. The first-order chi connectivity index (χ1) is 18.6. The number of amides is 1. The van der Waals surface area contributed by atoms with E-state index in [1.165, 1.54) is 0 Å². The van der Waals surface area contributed by atoms with Gasteiger partial charge in [0.2, 0.25) is 0 Å². The average molecular weight is 505 g/mol. The summed E-state index contributed by atoms with van der Waals surface area (Å²) in [6, 6.07) is 18.8. The number of hydrogen-bond acceptors (Lipinski definition) is 7. The lowest BCUT2D eigenvalue weighted by Crippen LogP contribution is -2.12. The highest BCUT2D eigenvalue weighted by Gasteiger charge is 2.14. The summed E-state index contributed by atoms with van der Waals surface area (Å²) in [4.78, 5) is 26.6. The standard InChI is InChI=1S/C29H24N6O3/c1-37-25-9-8-23(14-26(25)38-2)32-27-28-31-10-11-35(28)17-24(34-27)18-4-3-5-19(12-18)29(36)33-22-7-6-20-15-30-16-21(20)13-22/h3-14,16-17H,15H2,1-2H3,(H,32,34)(H,33,36). The van der Waals surface area contributed by atoms with Crippen LogP contribution in [-0.2, 0) is 6.54 Å². The maximum atomic E-state index is 13.1. The van der Waals surface area contributed by atoms with Crippen molar-refractivity contribution in [3.8, 4) is 22.8 Å². The van der Waals surface area contributed by atoms with Crippen LogP contribution in [0.5, 0.6) is 11.5 Å². The Morgan fingerprint density at radius 3 is 2.71 bits per heavy atom. The molecule has 188 valence electrons. The molecule has 0 saturated heterocycles. The zero-order valence-corrected chi connectivity index (χ0v) is 20.8. The fourth-order valence-corrected chi connectivity index (χ4v) is 4.41. The van der Waals surface area contributed by atoms with Crippen LogP contribution in [0.2, 0.25) is 0 Å². The van der Waals surface area contributed by atoms with Crippen molar-refractivity contribution in [2.75, 3.05) is 24.9 Å². The fourth-order valence-electron chi connectivity index (χ4n) is 4.41. The predicted molar refractivity (Wildman–Crippen MR) is 147 cm³/mol. The summed E-state index contributed by atoms with van der Waals surface area (Å²) in [5, 5.41) is 6.33. The molecule has 5 aromatic rings. The highest BCUT2D eigenvalue weighted by molar-refractivity contribution is 6.05. The zero-order valence-electron chi connectivity index (χ0n) is 20.8. The van der Waals surface area contributed by atoms with Crippen LogP contribution in [0.4, 0.5) is 17.2 Å². The van der Waals surface area contributed by atoms with Gasteiger partial charge in [0.15, 0.2) is 23.0 Å². The summed E-state index contributed by atoms with van der Waals surface area (Å²) in [5.74, 6) is 1.60. The minimum atomic E-state index is -0.200. The van der Waals surface area contributed by atoms with Crippen LogP contribution in [0.1, 0.15) is 21.5 Å². The van der Waals surface area contributed by atoms with Gasteiger partial charge in [0.05, 0.1) is 26.5 Å². The second-order valence-corrected chi connectivity index (χ2v) is 8.75. The third kappa shape index (κ3) is 4.41. The Morgan fingerprint density at radius 1 is 0.974 bits per heavy atom. The molecule has 0 spiro atoms. The van der Waals surface area contributed by atoms with Gasteiger partial charge in [-0.15, -0.1) is 0 Å². The topological polar surface area (TPSA) is 102 Å². The summed E-state index contributed by atoms with van der Waals surface area (Å²) in [6.07, 6.45) is 7.29. The van der Waals surface area contributed by atoms with Crippen molar-refractivity contribution >= 4 is 35.0 Å². The second kappa shape index (κ2) is 9.70. The lowest BCUT2D eigenvalue weighted by molar-refractivity contribution is 0.102. The molecule has 9 heteroatoms. The number of anilines is 3. The molecule has 0 unspecified atom stereocenters. The quantitative estimate of drug-likeness (QED) is 0.310. The molecule has 9 nitrogen and oxygen atoms in total. The molecule has 2 N–H and O–H groups in total. The van der Waals surface area contributed by atoms with E-state index in [9.17, 15) is 4.79 Å². The third-order valence-corrected chi connectivity index (χ3v) is 6.34. The Labute approximate surface area is 218 Å². The maximum Gasteiger partial charge on any atom is 0.255 e. The largest absolute Gasteiger partial charge is 0.493 e. The first-order valence-electron chi connectivity index (χ1n) is 12.0. The van der Waals surface area contributed by atoms with E-state index in [1.54, 1.807) is 26.5 Å². The SMILES string of the molecule is COc1ccc(Nc2nc(-c3cccc(C(=O)Nc4ccc5c(c4)C=NC5)c3)cn3ccnc23)cc1OC. The van der Waals surface area contributed by atoms with E-state index >= 15 is 0 Å². The highest BCUT2D eigenvalue weighted by atomic mass is 16.5. The van der Waals surface area contributed by atoms with Crippen molar-refractivity contribution in [1.29, 1.82) is 0 Å². The van der Waals surface area contributed by atoms with Crippen molar-refractivity contribution < 1.29 is 14.3 Å². The van der Waals surface area contributed by atoms with Gasteiger partial charge in [-0.3, -0.25) is 9.79 Å². The zero-order chi connectivity index (χ0) is 26.1. The van der Waals surface area contributed by atoms with Crippen LogP contribution >= 0.6 is 0 Å². The molecular weight excluding hydrogens is 480 g/mol. The van der Waals surface area contributed by atoms with Gasteiger partial charge >= 0.3 is 0 Å². The monoisotopic (exact) mass is 504 g/mol. The first kappa shape index (κ1) is 23.2. The highest BCUT2D eigenvalue weighted by Crippen LogP contribution is 2.32. The van der Waals surface area contributed by atoms with Gasteiger partial charge in [-0.2, -0.15) is 0 Å². The summed E-state index contributed by atoms with van der Waals surface area (Å²) in [7, 11) is 3.19. The molecule has 0 atom stereocenters. The third-order valence-electron chi connectivity index (χ3n) is 6.34. The van der Waals surface area contributed by atoms with Crippen molar-refractivity contribution in [1.82, 2.24) is 14.4 Å². The van der Waals surface area contributed by atoms with E-state index in [2.05, 4.69) is 20.6 Å². The van der Waals surface area contributed by atoms with Crippen LogP contribution in [0, 0.1) is 0 Å². The Hall–Kier alpha value is -5.18. The molecule has 38 heavy (non-hydrogen) atoms. The molecule has 6 rings (SSSR count). The molecule has 0 fully saturated rings. The molecule has 0 aliphatic carbocycles. The van der Waals surface area contributed by atoms with E-state index in [0.29, 0.717) is 40.8 Å². The maximum absolute atomic E-state index is 13.1. The minimum absolute atomic E-state index is 0.200. The number of aliphatic imine (C=N–C) groups is 1. The number of ether oxygens (including phenoxy) is 2. The van der Waals surface area contributed by atoms with Crippen LogP contribution in [0.15, 0.2) is 84.2 Å². The Balaban J connectivity index is 1.30. The fraction of sp³-hybridized carbons (Fsp3) is 0.103. The van der Waals surface area contributed by atoms with Crippen LogP contribution in [0.25, 0.3) is 16.9 Å². The van der Waals surface area contributed by atoms with E-state index < -0.39 is 0 Å². The molecular formula is C29H24N6O3. The van der Waals surface area contributed by atoms with Crippen molar-refractivity contribution in [2.45, 2.75) is 6.54 Å².